The van der Waals surface area contributed by atoms with E-state index in [-0.39, 0.29) is 5.91 Å². The first-order valence-electron chi connectivity index (χ1n) is 5.77. The molecular formula is C14H16N2O. The number of carbonyl (C=O) groups is 1. The zero-order chi connectivity index (χ0) is 12.1. The lowest BCUT2D eigenvalue weighted by Crippen LogP contribution is -2.12. The molecule has 0 saturated carbocycles. The van der Waals surface area contributed by atoms with E-state index >= 15 is 0 Å². The minimum absolute atomic E-state index is 0.245. The fourth-order valence-electron chi connectivity index (χ4n) is 1.79. The SMILES string of the molecule is NC(=O)CCCNc1ccc2ccccc2c1. The number of benzene rings is 2. The fraction of sp³-hybridized carbons (Fsp3) is 0.214. The second kappa shape index (κ2) is 5.34. The molecule has 0 fully saturated rings. The molecule has 3 N–H and O–H groups in total. The summed E-state index contributed by atoms with van der Waals surface area (Å²) in [7, 11) is 0. The van der Waals surface area contributed by atoms with Crippen LogP contribution in [-0.2, 0) is 4.79 Å². The quantitative estimate of drug-likeness (QED) is 0.772. The summed E-state index contributed by atoms with van der Waals surface area (Å²) in [5.74, 6) is -0.245. The van der Waals surface area contributed by atoms with E-state index in [9.17, 15) is 4.79 Å². The van der Waals surface area contributed by atoms with Crippen molar-refractivity contribution in [3.8, 4) is 0 Å². The van der Waals surface area contributed by atoms with Crippen LogP contribution in [-0.4, -0.2) is 12.5 Å². The number of nitrogens with two attached hydrogens (primary N) is 1. The summed E-state index contributed by atoms with van der Waals surface area (Å²) >= 11 is 0. The highest BCUT2D eigenvalue weighted by molar-refractivity contribution is 5.85. The Hall–Kier alpha value is -2.03. The van der Waals surface area contributed by atoms with Crippen molar-refractivity contribution >= 4 is 22.4 Å². The molecule has 0 heterocycles. The number of rotatable bonds is 5. The van der Waals surface area contributed by atoms with E-state index in [0.717, 1.165) is 18.7 Å². The van der Waals surface area contributed by atoms with Gasteiger partial charge in [-0.2, -0.15) is 0 Å². The van der Waals surface area contributed by atoms with Crippen molar-refractivity contribution in [3.05, 3.63) is 42.5 Å². The van der Waals surface area contributed by atoms with Crippen LogP contribution in [0.15, 0.2) is 42.5 Å². The molecule has 3 nitrogen and oxygen atoms in total. The lowest BCUT2D eigenvalue weighted by molar-refractivity contribution is -0.118. The van der Waals surface area contributed by atoms with Crippen molar-refractivity contribution in [1.29, 1.82) is 0 Å². The molecule has 0 radical (unpaired) electrons. The van der Waals surface area contributed by atoms with E-state index in [1.165, 1.54) is 10.8 Å². The molecule has 3 heteroatoms. The van der Waals surface area contributed by atoms with Crippen molar-refractivity contribution in [2.24, 2.45) is 5.73 Å². The summed E-state index contributed by atoms with van der Waals surface area (Å²) in [5.41, 5.74) is 6.16. The van der Waals surface area contributed by atoms with Gasteiger partial charge in [0.05, 0.1) is 0 Å². The van der Waals surface area contributed by atoms with Crippen LogP contribution in [0, 0.1) is 0 Å². The molecule has 0 aliphatic heterocycles. The molecule has 0 aliphatic rings. The molecule has 0 saturated heterocycles. The number of anilines is 1. The van der Waals surface area contributed by atoms with Gasteiger partial charge in [-0.3, -0.25) is 4.79 Å². The Morgan fingerprint density at radius 2 is 1.88 bits per heavy atom. The van der Waals surface area contributed by atoms with Gasteiger partial charge in [0, 0.05) is 18.7 Å². The lowest BCUT2D eigenvalue weighted by Gasteiger charge is -2.06. The third-order valence-electron chi connectivity index (χ3n) is 2.68. The zero-order valence-corrected chi connectivity index (χ0v) is 9.65. The molecule has 2 aromatic carbocycles. The molecule has 88 valence electrons. The Balaban J connectivity index is 1.97. The summed E-state index contributed by atoms with van der Waals surface area (Å²) < 4.78 is 0. The van der Waals surface area contributed by atoms with Gasteiger partial charge in [-0.1, -0.05) is 30.3 Å². The molecule has 0 atom stereocenters. The van der Waals surface area contributed by atoms with Crippen LogP contribution < -0.4 is 11.1 Å². The topological polar surface area (TPSA) is 55.1 Å². The summed E-state index contributed by atoms with van der Waals surface area (Å²) in [6.07, 6.45) is 1.20. The van der Waals surface area contributed by atoms with Gasteiger partial charge in [0.2, 0.25) is 5.91 Å². The van der Waals surface area contributed by atoms with Crippen molar-refractivity contribution in [2.75, 3.05) is 11.9 Å². The van der Waals surface area contributed by atoms with E-state index in [4.69, 9.17) is 5.73 Å². The predicted octanol–water partition coefficient (Wildman–Crippen LogP) is 2.52. The van der Waals surface area contributed by atoms with Crippen molar-refractivity contribution in [2.45, 2.75) is 12.8 Å². The summed E-state index contributed by atoms with van der Waals surface area (Å²) in [6.45, 7) is 0.765. The maximum atomic E-state index is 10.6. The van der Waals surface area contributed by atoms with Crippen LogP contribution in [0.3, 0.4) is 0 Å². The molecule has 0 aliphatic carbocycles. The number of primary amides is 1. The molecule has 2 rings (SSSR count). The fourth-order valence-corrected chi connectivity index (χ4v) is 1.79. The van der Waals surface area contributed by atoms with Gasteiger partial charge in [0.1, 0.15) is 0 Å². The summed E-state index contributed by atoms with van der Waals surface area (Å²) in [5, 5.41) is 5.73. The van der Waals surface area contributed by atoms with Crippen molar-refractivity contribution in [1.82, 2.24) is 0 Å². The Morgan fingerprint density at radius 3 is 2.65 bits per heavy atom. The van der Waals surface area contributed by atoms with Gasteiger partial charge < -0.3 is 11.1 Å². The molecule has 0 unspecified atom stereocenters. The molecule has 17 heavy (non-hydrogen) atoms. The van der Waals surface area contributed by atoms with Gasteiger partial charge in [0.15, 0.2) is 0 Å². The highest BCUT2D eigenvalue weighted by Gasteiger charge is 1.97. The Morgan fingerprint density at radius 1 is 1.12 bits per heavy atom. The molecule has 0 bridgehead atoms. The van der Waals surface area contributed by atoms with Crippen LogP contribution in [0.1, 0.15) is 12.8 Å². The van der Waals surface area contributed by atoms with Gasteiger partial charge >= 0.3 is 0 Å². The summed E-state index contributed by atoms with van der Waals surface area (Å²) in [4.78, 5) is 10.6. The van der Waals surface area contributed by atoms with Crippen LogP contribution >= 0.6 is 0 Å². The maximum Gasteiger partial charge on any atom is 0.217 e. The van der Waals surface area contributed by atoms with E-state index in [2.05, 4.69) is 29.6 Å². The smallest absolute Gasteiger partial charge is 0.217 e. The van der Waals surface area contributed by atoms with Gasteiger partial charge in [-0.15, -0.1) is 0 Å². The Kier molecular flexibility index (Phi) is 3.60. The lowest BCUT2D eigenvalue weighted by atomic mass is 10.1. The van der Waals surface area contributed by atoms with E-state index < -0.39 is 0 Å². The van der Waals surface area contributed by atoms with Crippen molar-refractivity contribution in [3.63, 3.8) is 0 Å². The van der Waals surface area contributed by atoms with E-state index in [0.29, 0.717) is 6.42 Å². The number of nitrogens with one attached hydrogen (secondary N) is 1. The second-order valence-corrected chi connectivity index (χ2v) is 4.06. The number of hydrogen-bond acceptors (Lipinski definition) is 2. The third-order valence-corrected chi connectivity index (χ3v) is 2.68. The standard InChI is InChI=1S/C14H16N2O/c15-14(17)6-3-9-16-13-8-7-11-4-1-2-5-12(11)10-13/h1-2,4-5,7-8,10,16H,3,6,9H2,(H2,15,17). The number of hydrogen-bond donors (Lipinski definition) is 2. The van der Waals surface area contributed by atoms with Crippen LogP contribution in [0.4, 0.5) is 5.69 Å². The average Bonchev–Trinajstić information content (AvgIpc) is 2.34. The van der Waals surface area contributed by atoms with E-state index in [1.54, 1.807) is 0 Å². The maximum absolute atomic E-state index is 10.6. The van der Waals surface area contributed by atoms with Crippen LogP contribution in [0.2, 0.25) is 0 Å². The van der Waals surface area contributed by atoms with Crippen LogP contribution in [0.5, 0.6) is 0 Å². The molecule has 1 amide bonds. The van der Waals surface area contributed by atoms with Gasteiger partial charge in [0.25, 0.3) is 0 Å². The molecule has 2 aromatic rings. The number of amides is 1. The zero-order valence-electron chi connectivity index (χ0n) is 9.65. The second-order valence-electron chi connectivity index (χ2n) is 4.06. The largest absolute Gasteiger partial charge is 0.385 e. The van der Waals surface area contributed by atoms with E-state index in [1.807, 2.05) is 18.2 Å². The normalized spacial score (nSPS) is 10.4. The molecular weight excluding hydrogens is 212 g/mol. The first kappa shape index (κ1) is 11.5. The highest BCUT2D eigenvalue weighted by Crippen LogP contribution is 2.18. The predicted molar refractivity (Wildman–Crippen MR) is 70.9 cm³/mol. The first-order valence-corrected chi connectivity index (χ1v) is 5.77. The molecule has 0 spiro atoms. The number of fused-ring (bicyclic) bond motifs is 1. The Bertz CT molecular complexity index is 522. The molecule has 0 aromatic heterocycles. The monoisotopic (exact) mass is 228 g/mol. The first-order chi connectivity index (χ1) is 8.25. The van der Waals surface area contributed by atoms with Gasteiger partial charge in [-0.05, 0) is 29.3 Å². The minimum atomic E-state index is -0.245. The summed E-state index contributed by atoms with van der Waals surface area (Å²) in [6, 6.07) is 14.5. The number of carbonyl (C=O) groups excluding carboxylic acids is 1. The minimum Gasteiger partial charge on any atom is -0.385 e. The third kappa shape index (κ3) is 3.21. The Labute approximate surface area is 101 Å². The highest BCUT2D eigenvalue weighted by atomic mass is 16.1. The van der Waals surface area contributed by atoms with Gasteiger partial charge in [-0.25, -0.2) is 0 Å². The average molecular weight is 228 g/mol. The van der Waals surface area contributed by atoms with Crippen LogP contribution in [0.25, 0.3) is 10.8 Å². The van der Waals surface area contributed by atoms with Crippen molar-refractivity contribution < 1.29 is 4.79 Å².